The second-order valence-electron chi connectivity index (χ2n) is 7.61. The van der Waals surface area contributed by atoms with Crippen LogP contribution in [0.5, 0.6) is 0 Å². The molecular formula is C20H28N3O2+. The molecule has 3 saturated heterocycles. The van der Waals surface area contributed by atoms with Crippen molar-refractivity contribution < 1.29 is 14.5 Å². The molecule has 0 radical (unpaired) electrons. The van der Waals surface area contributed by atoms with Crippen LogP contribution in [0, 0.1) is 0 Å². The number of piperidine rings is 2. The Labute approximate surface area is 149 Å². The SMILES string of the molecule is O=C1CC([NH+]2CCCCC2)C(=O)N1c1ccc(N2CCCCC2)cc1. The van der Waals surface area contributed by atoms with E-state index in [1.54, 1.807) is 0 Å². The number of imide groups is 1. The van der Waals surface area contributed by atoms with E-state index in [-0.39, 0.29) is 17.9 Å². The summed E-state index contributed by atoms with van der Waals surface area (Å²) in [7, 11) is 0. The van der Waals surface area contributed by atoms with Gasteiger partial charge in [-0.3, -0.25) is 9.59 Å². The Morgan fingerprint density at radius 3 is 2.08 bits per heavy atom. The van der Waals surface area contributed by atoms with E-state index >= 15 is 0 Å². The molecule has 1 N–H and O–H groups in total. The van der Waals surface area contributed by atoms with Gasteiger partial charge in [0.05, 0.1) is 25.2 Å². The van der Waals surface area contributed by atoms with Crippen molar-refractivity contribution in [2.75, 3.05) is 36.0 Å². The van der Waals surface area contributed by atoms with Gasteiger partial charge < -0.3 is 9.80 Å². The summed E-state index contributed by atoms with van der Waals surface area (Å²) >= 11 is 0. The number of nitrogens with zero attached hydrogens (tertiary/aromatic N) is 2. The Kier molecular flexibility index (Phi) is 4.75. The monoisotopic (exact) mass is 342 g/mol. The van der Waals surface area contributed by atoms with Gasteiger partial charge in [0.15, 0.2) is 6.04 Å². The molecule has 0 spiro atoms. The second kappa shape index (κ2) is 7.16. The summed E-state index contributed by atoms with van der Waals surface area (Å²) in [5, 5.41) is 0. The number of hydrogen-bond donors (Lipinski definition) is 1. The molecule has 0 aromatic heterocycles. The van der Waals surface area contributed by atoms with Crippen molar-refractivity contribution in [1.82, 2.24) is 0 Å². The first kappa shape index (κ1) is 16.6. The zero-order valence-electron chi connectivity index (χ0n) is 14.9. The number of benzene rings is 1. The molecule has 1 aromatic carbocycles. The largest absolute Gasteiger partial charge is 0.372 e. The number of anilines is 2. The van der Waals surface area contributed by atoms with Gasteiger partial charge in [-0.25, -0.2) is 4.90 Å². The minimum Gasteiger partial charge on any atom is -0.372 e. The lowest BCUT2D eigenvalue weighted by Gasteiger charge is -2.29. The van der Waals surface area contributed by atoms with Crippen LogP contribution in [0.1, 0.15) is 44.9 Å². The van der Waals surface area contributed by atoms with Gasteiger partial charge in [-0.2, -0.15) is 0 Å². The van der Waals surface area contributed by atoms with E-state index in [1.165, 1.54) is 41.2 Å². The van der Waals surface area contributed by atoms with Crippen molar-refractivity contribution in [3.63, 3.8) is 0 Å². The van der Waals surface area contributed by atoms with Crippen LogP contribution in [0.25, 0.3) is 0 Å². The van der Waals surface area contributed by atoms with E-state index in [2.05, 4.69) is 17.0 Å². The fourth-order valence-electron chi connectivity index (χ4n) is 4.54. The summed E-state index contributed by atoms with van der Waals surface area (Å²) in [5.41, 5.74) is 1.93. The number of rotatable bonds is 3. The highest BCUT2D eigenvalue weighted by atomic mass is 16.2. The van der Waals surface area contributed by atoms with E-state index in [0.29, 0.717) is 6.42 Å². The normalized spacial score (nSPS) is 25.7. The Bertz CT molecular complexity index is 631. The summed E-state index contributed by atoms with van der Waals surface area (Å²) in [6.07, 6.45) is 7.74. The maximum atomic E-state index is 12.9. The minimum absolute atomic E-state index is 0.00683. The zero-order chi connectivity index (χ0) is 17.2. The number of nitrogens with one attached hydrogen (secondary N) is 1. The topological polar surface area (TPSA) is 45.1 Å². The molecule has 2 amide bonds. The van der Waals surface area contributed by atoms with E-state index in [9.17, 15) is 9.59 Å². The zero-order valence-corrected chi connectivity index (χ0v) is 14.9. The van der Waals surface area contributed by atoms with Gasteiger partial charge in [0, 0.05) is 18.8 Å². The van der Waals surface area contributed by atoms with Crippen LogP contribution in [0.3, 0.4) is 0 Å². The third-order valence-corrected chi connectivity index (χ3v) is 5.96. The molecule has 3 aliphatic rings. The highest BCUT2D eigenvalue weighted by Crippen LogP contribution is 2.26. The summed E-state index contributed by atoms with van der Waals surface area (Å²) in [5.74, 6) is -0.0496. The molecule has 1 atom stereocenters. The number of amides is 2. The molecule has 3 heterocycles. The smallest absolute Gasteiger partial charge is 0.292 e. The number of carbonyl (C=O) groups excluding carboxylic acids is 2. The first-order chi connectivity index (χ1) is 12.2. The number of carbonyl (C=O) groups is 2. The number of likely N-dealkylation sites (tertiary alicyclic amines) is 1. The van der Waals surface area contributed by atoms with Crippen LogP contribution >= 0.6 is 0 Å². The summed E-state index contributed by atoms with van der Waals surface area (Å²) in [4.78, 5) is 30.5. The fourth-order valence-corrected chi connectivity index (χ4v) is 4.54. The van der Waals surface area contributed by atoms with Gasteiger partial charge in [-0.1, -0.05) is 0 Å². The van der Waals surface area contributed by atoms with Crippen LogP contribution in [0.15, 0.2) is 24.3 Å². The van der Waals surface area contributed by atoms with Crippen LogP contribution in [-0.2, 0) is 9.59 Å². The van der Waals surface area contributed by atoms with Crippen LogP contribution in [-0.4, -0.2) is 44.0 Å². The average Bonchev–Trinajstić information content (AvgIpc) is 2.98. The Morgan fingerprint density at radius 1 is 0.800 bits per heavy atom. The van der Waals surface area contributed by atoms with Crippen molar-refractivity contribution >= 4 is 23.2 Å². The van der Waals surface area contributed by atoms with E-state index in [0.717, 1.165) is 44.7 Å². The van der Waals surface area contributed by atoms with Crippen LogP contribution in [0.4, 0.5) is 11.4 Å². The number of hydrogen-bond acceptors (Lipinski definition) is 3. The van der Waals surface area contributed by atoms with E-state index < -0.39 is 0 Å². The lowest BCUT2D eigenvalue weighted by Crippen LogP contribution is -3.17. The molecule has 3 fully saturated rings. The van der Waals surface area contributed by atoms with E-state index in [1.807, 2.05) is 12.1 Å². The van der Waals surface area contributed by atoms with Gasteiger partial charge in [0.25, 0.3) is 5.91 Å². The molecule has 134 valence electrons. The van der Waals surface area contributed by atoms with Crippen molar-refractivity contribution in [2.45, 2.75) is 51.0 Å². The number of quaternary nitrogens is 1. The van der Waals surface area contributed by atoms with Gasteiger partial charge in [-0.15, -0.1) is 0 Å². The minimum atomic E-state index is -0.172. The maximum Gasteiger partial charge on any atom is 0.292 e. The quantitative estimate of drug-likeness (QED) is 0.844. The molecule has 4 rings (SSSR count). The Balaban J connectivity index is 1.48. The molecule has 1 unspecified atom stereocenters. The first-order valence-corrected chi connectivity index (χ1v) is 9.80. The highest BCUT2D eigenvalue weighted by Gasteiger charge is 2.45. The van der Waals surface area contributed by atoms with Gasteiger partial charge in [-0.05, 0) is 62.8 Å². The molecule has 0 bridgehead atoms. The lowest BCUT2D eigenvalue weighted by molar-refractivity contribution is -0.919. The third-order valence-electron chi connectivity index (χ3n) is 5.96. The van der Waals surface area contributed by atoms with Gasteiger partial charge in [0.2, 0.25) is 5.91 Å². The summed E-state index contributed by atoms with van der Waals surface area (Å²) in [6, 6.07) is 7.82. The van der Waals surface area contributed by atoms with E-state index in [4.69, 9.17) is 0 Å². The molecule has 5 nitrogen and oxygen atoms in total. The first-order valence-electron chi connectivity index (χ1n) is 9.80. The standard InChI is InChI=1S/C20H27N3O2/c24-19-15-18(22-13-5-2-6-14-22)20(25)23(19)17-9-7-16(8-10-17)21-11-3-1-4-12-21/h7-10,18H,1-6,11-15H2/p+1. The van der Waals surface area contributed by atoms with Crippen molar-refractivity contribution in [3.8, 4) is 0 Å². The van der Waals surface area contributed by atoms with Crippen molar-refractivity contribution in [2.24, 2.45) is 0 Å². The summed E-state index contributed by atoms with van der Waals surface area (Å²) < 4.78 is 0. The molecule has 25 heavy (non-hydrogen) atoms. The predicted molar refractivity (Wildman–Crippen MR) is 98.0 cm³/mol. The van der Waals surface area contributed by atoms with Crippen molar-refractivity contribution in [1.29, 1.82) is 0 Å². The average molecular weight is 342 g/mol. The Hall–Kier alpha value is -1.88. The highest BCUT2D eigenvalue weighted by molar-refractivity contribution is 6.21. The molecule has 0 aliphatic carbocycles. The molecule has 0 saturated carbocycles. The van der Waals surface area contributed by atoms with Gasteiger partial charge >= 0.3 is 0 Å². The maximum absolute atomic E-state index is 12.9. The second-order valence-corrected chi connectivity index (χ2v) is 7.61. The molecule has 3 aliphatic heterocycles. The molecule has 5 heteroatoms. The predicted octanol–water partition coefficient (Wildman–Crippen LogP) is 1.38. The Morgan fingerprint density at radius 2 is 1.40 bits per heavy atom. The third kappa shape index (κ3) is 3.30. The van der Waals surface area contributed by atoms with Crippen LogP contribution < -0.4 is 14.7 Å². The molecule has 1 aromatic rings. The summed E-state index contributed by atoms with van der Waals surface area (Å²) in [6.45, 7) is 4.24. The lowest BCUT2D eigenvalue weighted by atomic mass is 10.1. The van der Waals surface area contributed by atoms with Gasteiger partial charge in [0.1, 0.15) is 0 Å². The van der Waals surface area contributed by atoms with Crippen molar-refractivity contribution in [3.05, 3.63) is 24.3 Å². The fraction of sp³-hybridized carbons (Fsp3) is 0.600. The van der Waals surface area contributed by atoms with Crippen LogP contribution in [0.2, 0.25) is 0 Å². The molecular weight excluding hydrogens is 314 g/mol.